The van der Waals surface area contributed by atoms with E-state index in [1.807, 2.05) is 91.5 Å². The molecule has 2 aromatic carbocycles. The van der Waals surface area contributed by atoms with E-state index >= 15 is 0 Å². The van der Waals surface area contributed by atoms with Gasteiger partial charge in [-0.3, -0.25) is 14.6 Å². The van der Waals surface area contributed by atoms with Crippen molar-refractivity contribution in [3.8, 4) is 5.75 Å². The van der Waals surface area contributed by atoms with E-state index in [1.54, 1.807) is 0 Å². The summed E-state index contributed by atoms with van der Waals surface area (Å²) in [5, 5.41) is 0. The van der Waals surface area contributed by atoms with Gasteiger partial charge in [0.05, 0.1) is 11.3 Å². The molecule has 1 fully saturated rings. The maximum Gasteiger partial charge on any atom is 0.260 e. The normalized spacial score (nSPS) is 13.9. The smallest absolute Gasteiger partial charge is 0.260 e. The number of likely N-dealkylation sites (tertiary alicyclic amines) is 1. The van der Waals surface area contributed by atoms with Gasteiger partial charge in [-0.15, -0.1) is 0 Å². The number of ether oxygens (including phenoxy) is 1. The summed E-state index contributed by atoms with van der Waals surface area (Å²) in [6.07, 6.45) is 1.54. The Labute approximate surface area is 226 Å². The van der Waals surface area contributed by atoms with Crippen LogP contribution in [-0.2, 0) is 11.3 Å². The van der Waals surface area contributed by atoms with Crippen molar-refractivity contribution in [2.45, 2.75) is 32.2 Å². The van der Waals surface area contributed by atoms with Crippen LogP contribution < -0.4 is 4.74 Å². The lowest BCUT2D eigenvalue weighted by Gasteiger charge is -2.33. The number of nitrogens with zero attached hydrogens (tertiary/aromatic N) is 4. The summed E-state index contributed by atoms with van der Waals surface area (Å²) in [5.74, 6) is 0.809. The Bertz CT molecular complexity index is 1190. The SMILES string of the molecule is Cc1ccc(C(=O)N(CCN(C)C)Cc2ccccc2)c(C2CCN(C(=O)COc3ccccc3)CC2)n1. The third-order valence-electron chi connectivity index (χ3n) is 6.95. The van der Waals surface area contributed by atoms with Crippen molar-refractivity contribution >= 4 is 11.8 Å². The molecule has 1 aromatic heterocycles. The van der Waals surface area contributed by atoms with Gasteiger partial charge in [0.1, 0.15) is 5.75 Å². The number of hydrogen-bond donors (Lipinski definition) is 0. The highest BCUT2D eigenvalue weighted by Gasteiger charge is 2.29. The number of piperidine rings is 1. The Morgan fingerprint density at radius 2 is 1.58 bits per heavy atom. The predicted molar refractivity (Wildman–Crippen MR) is 149 cm³/mol. The van der Waals surface area contributed by atoms with Gasteiger partial charge in [0.2, 0.25) is 0 Å². The summed E-state index contributed by atoms with van der Waals surface area (Å²) in [5.41, 5.74) is 3.52. The fourth-order valence-electron chi connectivity index (χ4n) is 4.77. The zero-order valence-corrected chi connectivity index (χ0v) is 22.7. The number of benzene rings is 2. The summed E-state index contributed by atoms with van der Waals surface area (Å²) < 4.78 is 5.66. The van der Waals surface area contributed by atoms with Crippen molar-refractivity contribution in [1.29, 1.82) is 0 Å². The second-order valence-electron chi connectivity index (χ2n) is 10.2. The first kappa shape index (κ1) is 27.3. The second-order valence-corrected chi connectivity index (χ2v) is 10.2. The van der Waals surface area contributed by atoms with Crippen LogP contribution in [0, 0.1) is 6.92 Å². The Balaban J connectivity index is 1.45. The summed E-state index contributed by atoms with van der Waals surface area (Å²) >= 11 is 0. The molecule has 0 unspecified atom stereocenters. The van der Waals surface area contributed by atoms with E-state index in [1.165, 1.54) is 0 Å². The number of aromatic nitrogens is 1. The highest BCUT2D eigenvalue weighted by molar-refractivity contribution is 5.95. The van der Waals surface area contributed by atoms with E-state index in [0.717, 1.165) is 36.3 Å². The van der Waals surface area contributed by atoms with Crippen LogP contribution in [0.3, 0.4) is 0 Å². The number of hydrogen-bond acceptors (Lipinski definition) is 5. The van der Waals surface area contributed by atoms with Crippen molar-refractivity contribution < 1.29 is 14.3 Å². The van der Waals surface area contributed by atoms with Gasteiger partial charge in [-0.1, -0.05) is 48.5 Å². The van der Waals surface area contributed by atoms with Gasteiger partial charge >= 0.3 is 0 Å². The summed E-state index contributed by atoms with van der Waals surface area (Å²) in [6, 6.07) is 23.3. The van der Waals surface area contributed by atoms with E-state index in [4.69, 9.17) is 9.72 Å². The number of pyridine rings is 1. The first-order valence-corrected chi connectivity index (χ1v) is 13.3. The predicted octanol–water partition coefficient (Wildman–Crippen LogP) is 4.38. The van der Waals surface area contributed by atoms with Gasteiger partial charge in [-0.2, -0.15) is 0 Å². The Morgan fingerprint density at radius 1 is 0.921 bits per heavy atom. The topological polar surface area (TPSA) is 66.0 Å². The largest absolute Gasteiger partial charge is 0.484 e. The third kappa shape index (κ3) is 7.42. The molecule has 0 aliphatic carbocycles. The molecule has 2 amide bonds. The third-order valence-corrected chi connectivity index (χ3v) is 6.95. The maximum atomic E-state index is 13.9. The van der Waals surface area contributed by atoms with Gasteiger partial charge in [-0.25, -0.2) is 0 Å². The quantitative estimate of drug-likeness (QED) is 0.402. The van der Waals surface area contributed by atoms with Crippen LogP contribution in [0.25, 0.3) is 0 Å². The minimum atomic E-state index is -0.0153. The fourth-order valence-corrected chi connectivity index (χ4v) is 4.77. The van der Waals surface area contributed by atoms with E-state index in [2.05, 4.69) is 17.0 Å². The lowest BCUT2D eigenvalue weighted by Crippen LogP contribution is -2.41. The Kier molecular flexibility index (Phi) is 9.49. The molecule has 0 bridgehead atoms. The molecule has 7 nitrogen and oxygen atoms in total. The maximum absolute atomic E-state index is 13.9. The van der Waals surface area contributed by atoms with Crippen molar-refractivity contribution in [1.82, 2.24) is 19.7 Å². The average Bonchev–Trinajstić information content (AvgIpc) is 2.94. The van der Waals surface area contributed by atoms with Crippen LogP contribution in [-0.4, -0.2) is 78.4 Å². The minimum absolute atomic E-state index is 0.00738. The number of aryl methyl sites for hydroxylation is 1. The molecule has 0 saturated carbocycles. The lowest BCUT2D eigenvalue weighted by molar-refractivity contribution is -0.134. The van der Waals surface area contributed by atoms with Crippen LogP contribution in [0.1, 0.15) is 46.1 Å². The monoisotopic (exact) mass is 514 g/mol. The molecular weight excluding hydrogens is 476 g/mol. The summed E-state index contributed by atoms with van der Waals surface area (Å²) in [7, 11) is 4.04. The molecule has 0 atom stereocenters. The second kappa shape index (κ2) is 13.2. The van der Waals surface area contributed by atoms with Gasteiger partial charge in [0.15, 0.2) is 6.61 Å². The van der Waals surface area contributed by atoms with E-state index in [9.17, 15) is 9.59 Å². The van der Waals surface area contributed by atoms with Crippen molar-refractivity contribution in [3.63, 3.8) is 0 Å². The average molecular weight is 515 g/mol. The molecule has 0 N–H and O–H groups in total. The number of carbonyl (C=O) groups excluding carboxylic acids is 2. The van der Waals surface area contributed by atoms with Crippen LogP contribution in [0.2, 0.25) is 0 Å². The highest BCUT2D eigenvalue weighted by Crippen LogP contribution is 2.30. The number of likely N-dealkylation sites (N-methyl/N-ethyl adjacent to an activating group) is 1. The van der Waals surface area contributed by atoms with Crippen LogP contribution >= 0.6 is 0 Å². The minimum Gasteiger partial charge on any atom is -0.484 e. The number of para-hydroxylation sites is 1. The Morgan fingerprint density at radius 3 is 2.24 bits per heavy atom. The van der Waals surface area contributed by atoms with E-state index < -0.39 is 0 Å². The molecule has 3 aromatic rings. The Hall–Kier alpha value is -3.71. The number of amides is 2. The molecule has 1 aliphatic rings. The first-order chi connectivity index (χ1) is 18.4. The van der Waals surface area contributed by atoms with Gasteiger partial charge in [-0.05, 0) is 63.7 Å². The summed E-state index contributed by atoms with van der Waals surface area (Å²) in [4.78, 5) is 37.4. The highest BCUT2D eigenvalue weighted by atomic mass is 16.5. The molecule has 1 aliphatic heterocycles. The van der Waals surface area contributed by atoms with E-state index in [-0.39, 0.29) is 24.3 Å². The van der Waals surface area contributed by atoms with Crippen molar-refractivity contribution in [2.24, 2.45) is 0 Å². The zero-order chi connectivity index (χ0) is 26.9. The molecule has 1 saturated heterocycles. The van der Waals surface area contributed by atoms with Gasteiger partial charge in [0, 0.05) is 44.3 Å². The van der Waals surface area contributed by atoms with Gasteiger partial charge in [0.25, 0.3) is 11.8 Å². The molecule has 2 heterocycles. The first-order valence-electron chi connectivity index (χ1n) is 13.3. The zero-order valence-electron chi connectivity index (χ0n) is 22.7. The standard InChI is InChI=1S/C31H38N4O3/c1-24-14-15-28(31(37)35(21-20-33(2)3)22-25-10-6-4-7-11-25)30(32-24)26-16-18-34(19-17-26)29(36)23-38-27-12-8-5-9-13-27/h4-15,26H,16-23H2,1-3H3. The van der Waals surface area contributed by atoms with Crippen molar-refractivity contribution in [3.05, 3.63) is 95.3 Å². The molecule has 0 spiro atoms. The van der Waals surface area contributed by atoms with E-state index in [0.29, 0.717) is 37.5 Å². The van der Waals surface area contributed by atoms with Crippen LogP contribution in [0.5, 0.6) is 5.75 Å². The number of carbonyl (C=O) groups is 2. The van der Waals surface area contributed by atoms with Crippen molar-refractivity contribution in [2.75, 3.05) is 46.9 Å². The summed E-state index contributed by atoms with van der Waals surface area (Å²) in [6.45, 7) is 5.20. The molecular formula is C31H38N4O3. The van der Waals surface area contributed by atoms with Crippen LogP contribution in [0.15, 0.2) is 72.8 Å². The lowest BCUT2D eigenvalue weighted by atomic mass is 9.89. The molecule has 0 radical (unpaired) electrons. The molecule has 200 valence electrons. The van der Waals surface area contributed by atoms with Gasteiger partial charge < -0.3 is 19.4 Å². The molecule has 38 heavy (non-hydrogen) atoms. The molecule has 7 heteroatoms. The number of rotatable bonds is 10. The van der Waals surface area contributed by atoms with Crippen LogP contribution in [0.4, 0.5) is 0 Å². The molecule has 4 rings (SSSR count). The fraction of sp³-hybridized carbons (Fsp3) is 0.387.